The smallest absolute Gasteiger partial charge is 0.324 e. The minimum absolute atomic E-state index is 0.189. The highest BCUT2D eigenvalue weighted by Gasteiger charge is 2.26. The van der Waals surface area contributed by atoms with Gasteiger partial charge in [0.05, 0.1) is 10.6 Å². The number of aromatic nitrogens is 1. The molecule has 0 spiro atoms. The molecule has 10 heteroatoms. The van der Waals surface area contributed by atoms with Crippen LogP contribution in [-0.4, -0.2) is 54.0 Å². The van der Waals surface area contributed by atoms with Crippen molar-refractivity contribution in [3.05, 3.63) is 22.4 Å². The summed E-state index contributed by atoms with van der Waals surface area (Å²) >= 11 is 3.22. The van der Waals surface area contributed by atoms with Gasteiger partial charge in [0.2, 0.25) is 0 Å². The number of amides is 3. The van der Waals surface area contributed by atoms with Crippen molar-refractivity contribution in [1.29, 1.82) is 0 Å². The number of ether oxygens (including phenoxy) is 1. The Morgan fingerprint density at radius 3 is 2.96 bits per heavy atom. The van der Waals surface area contributed by atoms with Crippen LogP contribution in [0.2, 0.25) is 0 Å². The minimum Gasteiger partial charge on any atom is -0.456 e. The molecule has 27 heavy (non-hydrogen) atoms. The summed E-state index contributed by atoms with van der Waals surface area (Å²) in [6.45, 7) is 2.96. The van der Waals surface area contributed by atoms with Crippen molar-refractivity contribution < 1.29 is 19.1 Å². The van der Waals surface area contributed by atoms with E-state index in [-0.39, 0.29) is 6.42 Å². The lowest BCUT2D eigenvalue weighted by atomic mass is 10.3. The second-order valence-electron chi connectivity index (χ2n) is 5.92. The summed E-state index contributed by atoms with van der Waals surface area (Å²) < 4.78 is 4.93. The number of anilines is 1. The normalized spacial score (nSPS) is 13.5. The van der Waals surface area contributed by atoms with Crippen LogP contribution in [0.4, 0.5) is 9.93 Å². The summed E-state index contributed by atoms with van der Waals surface area (Å²) in [6.07, 6.45) is 0.749. The van der Waals surface area contributed by atoms with Gasteiger partial charge in [0.25, 0.3) is 5.91 Å². The Morgan fingerprint density at radius 2 is 2.26 bits per heavy atom. The molecule has 1 aliphatic rings. The molecule has 0 unspecified atom stereocenters. The summed E-state index contributed by atoms with van der Waals surface area (Å²) in [6, 6.07) is 3.68. The lowest BCUT2D eigenvalue weighted by Crippen LogP contribution is -2.37. The highest BCUT2D eigenvalue weighted by molar-refractivity contribution is 7.16. The zero-order valence-corrected chi connectivity index (χ0v) is 16.5. The summed E-state index contributed by atoms with van der Waals surface area (Å²) in [7, 11) is 0. The second-order valence-corrected chi connectivity index (χ2v) is 8.06. The van der Waals surface area contributed by atoms with Crippen LogP contribution in [0.25, 0.3) is 10.6 Å². The first-order chi connectivity index (χ1) is 13.0. The third-order valence-corrected chi connectivity index (χ3v) is 5.67. The number of imide groups is 1. The number of nitrogens with one attached hydrogen (secondary N) is 2. The molecule has 2 aromatic heterocycles. The van der Waals surface area contributed by atoms with Gasteiger partial charge in [-0.1, -0.05) is 0 Å². The number of carbonyl (C=O) groups excluding carboxylic acids is 3. The van der Waals surface area contributed by atoms with Crippen LogP contribution in [0.5, 0.6) is 0 Å². The molecule has 3 rings (SSSR count). The van der Waals surface area contributed by atoms with Crippen LogP contribution in [0.3, 0.4) is 0 Å². The van der Waals surface area contributed by atoms with Gasteiger partial charge in [0, 0.05) is 36.3 Å². The Balaban J connectivity index is 1.33. The average Bonchev–Trinajstić information content (AvgIpc) is 3.37. The van der Waals surface area contributed by atoms with E-state index in [1.165, 1.54) is 16.2 Å². The lowest BCUT2D eigenvalue weighted by molar-refractivity contribution is -0.150. The largest absolute Gasteiger partial charge is 0.456 e. The van der Waals surface area contributed by atoms with E-state index in [9.17, 15) is 14.4 Å². The quantitative estimate of drug-likeness (QED) is 0.514. The van der Waals surface area contributed by atoms with Gasteiger partial charge in [0.15, 0.2) is 11.7 Å². The van der Waals surface area contributed by atoms with Gasteiger partial charge >= 0.3 is 12.0 Å². The fourth-order valence-electron chi connectivity index (χ4n) is 2.47. The van der Waals surface area contributed by atoms with Crippen LogP contribution in [0.15, 0.2) is 17.5 Å². The van der Waals surface area contributed by atoms with Crippen LogP contribution >= 0.6 is 22.7 Å². The molecule has 8 nitrogen and oxygen atoms in total. The van der Waals surface area contributed by atoms with Crippen LogP contribution < -0.4 is 10.6 Å². The predicted molar refractivity (Wildman–Crippen MR) is 104 cm³/mol. The zero-order valence-electron chi connectivity index (χ0n) is 14.8. The molecule has 3 amide bonds. The second kappa shape index (κ2) is 8.96. The number of carbonyl (C=O) groups is 3. The zero-order chi connectivity index (χ0) is 19.2. The summed E-state index contributed by atoms with van der Waals surface area (Å²) in [5.74, 6) is -0.964. The van der Waals surface area contributed by atoms with Crippen molar-refractivity contribution in [2.45, 2.75) is 19.8 Å². The molecular formula is C17H20N4O4S2. The molecule has 0 radical (unpaired) electrons. The van der Waals surface area contributed by atoms with Crippen LogP contribution in [0, 0.1) is 6.92 Å². The van der Waals surface area contributed by atoms with Gasteiger partial charge in [-0.05, 0) is 25.5 Å². The van der Waals surface area contributed by atoms with E-state index in [1.807, 2.05) is 5.38 Å². The number of thiophene rings is 1. The first kappa shape index (κ1) is 19.3. The molecule has 0 bridgehead atoms. The SMILES string of the molecule is Cc1ccc(-c2csc(NCCCC(=O)OCC(=O)N3CCNC3=O)n2)s1. The monoisotopic (exact) mass is 408 g/mol. The Morgan fingerprint density at radius 1 is 1.41 bits per heavy atom. The van der Waals surface area contributed by atoms with Crippen molar-refractivity contribution in [3.8, 4) is 10.6 Å². The third-order valence-electron chi connectivity index (χ3n) is 3.85. The number of aryl methyl sites for hydroxylation is 1. The van der Waals surface area contributed by atoms with E-state index >= 15 is 0 Å². The first-order valence-corrected chi connectivity index (χ1v) is 10.2. The maximum atomic E-state index is 11.8. The molecule has 144 valence electrons. The van der Waals surface area contributed by atoms with E-state index in [2.05, 4.69) is 34.7 Å². The van der Waals surface area contributed by atoms with Crippen LogP contribution in [0.1, 0.15) is 17.7 Å². The molecule has 0 aromatic carbocycles. The maximum Gasteiger partial charge on any atom is 0.324 e. The number of hydrogen-bond acceptors (Lipinski definition) is 8. The highest BCUT2D eigenvalue weighted by atomic mass is 32.1. The number of urea groups is 1. The Kier molecular flexibility index (Phi) is 6.40. The molecule has 1 saturated heterocycles. The summed E-state index contributed by atoms with van der Waals surface area (Å²) in [5, 5.41) is 8.52. The molecular weight excluding hydrogens is 388 g/mol. The Bertz CT molecular complexity index is 833. The molecule has 3 heterocycles. The number of thiazole rings is 1. The van der Waals surface area contributed by atoms with E-state index in [0.29, 0.717) is 26.1 Å². The van der Waals surface area contributed by atoms with E-state index in [1.54, 1.807) is 11.3 Å². The molecule has 0 aliphatic carbocycles. The third kappa shape index (κ3) is 5.27. The molecule has 0 saturated carbocycles. The van der Waals surface area contributed by atoms with Crippen molar-refractivity contribution in [3.63, 3.8) is 0 Å². The number of nitrogens with zero attached hydrogens (tertiary/aromatic N) is 2. The predicted octanol–water partition coefficient (Wildman–Crippen LogP) is 2.47. The fraction of sp³-hybridized carbons (Fsp3) is 0.412. The molecule has 1 aliphatic heterocycles. The van der Waals surface area contributed by atoms with Crippen molar-refractivity contribution in [1.82, 2.24) is 15.2 Å². The van der Waals surface area contributed by atoms with Gasteiger partial charge in [-0.3, -0.25) is 14.5 Å². The molecule has 1 fully saturated rings. The Labute approximate surface area is 164 Å². The molecule has 2 aromatic rings. The number of rotatable bonds is 8. The molecule has 2 N–H and O–H groups in total. The van der Waals surface area contributed by atoms with Gasteiger partial charge in [0.1, 0.15) is 0 Å². The molecule has 0 atom stereocenters. The van der Waals surface area contributed by atoms with E-state index in [0.717, 1.165) is 20.6 Å². The van der Waals surface area contributed by atoms with Gasteiger partial charge in [-0.2, -0.15) is 0 Å². The van der Waals surface area contributed by atoms with Gasteiger partial charge in [-0.15, -0.1) is 22.7 Å². The maximum absolute atomic E-state index is 11.8. The van der Waals surface area contributed by atoms with Crippen molar-refractivity contribution >= 4 is 45.7 Å². The van der Waals surface area contributed by atoms with Gasteiger partial charge < -0.3 is 15.4 Å². The standard InChI is InChI=1S/C17H20N4O4S2/c1-11-4-5-13(27-11)12-10-26-16(20-12)18-6-2-3-15(23)25-9-14(22)21-8-7-19-17(21)24/h4-5,10H,2-3,6-9H2,1H3,(H,18,20)(H,19,24). The van der Waals surface area contributed by atoms with Crippen LogP contribution in [-0.2, 0) is 14.3 Å². The van der Waals surface area contributed by atoms with Gasteiger partial charge in [-0.25, -0.2) is 9.78 Å². The fourth-order valence-corrected chi connectivity index (χ4v) is 4.11. The lowest BCUT2D eigenvalue weighted by Gasteiger charge is -2.12. The number of esters is 1. The van der Waals surface area contributed by atoms with E-state index < -0.39 is 24.5 Å². The summed E-state index contributed by atoms with van der Waals surface area (Å²) in [4.78, 5) is 42.8. The topological polar surface area (TPSA) is 101 Å². The summed E-state index contributed by atoms with van der Waals surface area (Å²) in [5.41, 5.74) is 0.949. The minimum atomic E-state index is -0.504. The van der Waals surface area contributed by atoms with Crippen molar-refractivity contribution in [2.24, 2.45) is 0 Å². The number of hydrogen-bond donors (Lipinski definition) is 2. The Hall–Kier alpha value is -2.46. The van der Waals surface area contributed by atoms with Crippen molar-refractivity contribution in [2.75, 3.05) is 31.6 Å². The average molecular weight is 409 g/mol. The highest BCUT2D eigenvalue weighted by Crippen LogP contribution is 2.30. The first-order valence-electron chi connectivity index (χ1n) is 8.53. The van der Waals surface area contributed by atoms with E-state index in [4.69, 9.17) is 4.74 Å².